The van der Waals surface area contributed by atoms with Crippen molar-refractivity contribution < 1.29 is 19.2 Å². The Morgan fingerprint density at radius 1 is 1.15 bits per heavy atom. The second kappa shape index (κ2) is 7.99. The Morgan fingerprint density at radius 3 is 2.56 bits per heavy atom. The molecule has 0 bridgehead atoms. The molecule has 0 radical (unpaired) electrons. The van der Waals surface area contributed by atoms with Crippen LogP contribution < -0.4 is 4.90 Å². The number of nitro benzene ring substituents is 1. The van der Waals surface area contributed by atoms with Crippen molar-refractivity contribution in [3.05, 3.63) is 69.8 Å². The molecule has 0 spiro atoms. The summed E-state index contributed by atoms with van der Waals surface area (Å²) in [6.45, 7) is 0.972. The number of benzene rings is 2. The van der Waals surface area contributed by atoms with E-state index in [0.717, 1.165) is 6.42 Å². The van der Waals surface area contributed by atoms with Crippen LogP contribution in [0.2, 0.25) is 0 Å². The SMILES string of the molecule is COC(=O)[C@H]1CCCN(c2ccc(C(=O)c3ccccc3)cc2[N+](=O)[O-])C1. The van der Waals surface area contributed by atoms with Gasteiger partial charge in [0.15, 0.2) is 5.78 Å². The predicted octanol–water partition coefficient (Wildman–Crippen LogP) is 3.22. The Bertz CT molecular complexity index is 866. The first-order valence-electron chi connectivity index (χ1n) is 8.72. The number of hydrogen-bond acceptors (Lipinski definition) is 6. The molecule has 2 aromatic carbocycles. The first-order chi connectivity index (χ1) is 13.0. The molecule has 1 atom stereocenters. The lowest BCUT2D eigenvalue weighted by molar-refractivity contribution is -0.384. The van der Waals surface area contributed by atoms with Gasteiger partial charge in [-0.2, -0.15) is 0 Å². The summed E-state index contributed by atoms with van der Waals surface area (Å²) in [4.78, 5) is 37.4. The van der Waals surface area contributed by atoms with Gasteiger partial charge >= 0.3 is 5.97 Å². The zero-order chi connectivity index (χ0) is 19.4. The second-order valence-electron chi connectivity index (χ2n) is 6.46. The van der Waals surface area contributed by atoms with E-state index in [0.29, 0.717) is 30.8 Å². The van der Waals surface area contributed by atoms with Crippen molar-refractivity contribution in [2.75, 3.05) is 25.1 Å². The highest BCUT2D eigenvalue weighted by Crippen LogP contribution is 2.33. The van der Waals surface area contributed by atoms with Gasteiger partial charge in [0, 0.05) is 30.3 Å². The molecule has 1 heterocycles. The zero-order valence-electron chi connectivity index (χ0n) is 15.0. The molecule has 27 heavy (non-hydrogen) atoms. The van der Waals surface area contributed by atoms with E-state index in [1.165, 1.54) is 13.2 Å². The highest BCUT2D eigenvalue weighted by Gasteiger charge is 2.30. The average molecular weight is 368 g/mol. The Balaban J connectivity index is 1.91. The number of piperidine rings is 1. The fraction of sp³-hybridized carbons (Fsp3) is 0.300. The summed E-state index contributed by atoms with van der Waals surface area (Å²) in [5, 5.41) is 11.6. The molecular weight excluding hydrogens is 348 g/mol. The third kappa shape index (κ3) is 3.97. The fourth-order valence-electron chi connectivity index (χ4n) is 3.39. The molecule has 1 saturated heterocycles. The summed E-state index contributed by atoms with van der Waals surface area (Å²) in [7, 11) is 1.34. The number of anilines is 1. The number of carbonyl (C=O) groups is 2. The Labute approximate surface area is 156 Å². The van der Waals surface area contributed by atoms with Crippen molar-refractivity contribution in [3.63, 3.8) is 0 Å². The summed E-state index contributed by atoms with van der Waals surface area (Å²) in [6, 6.07) is 13.1. The summed E-state index contributed by atoms with van der Waals surface area (Å²) in [5.41, 5.74) is 1.02. The minimum atomic E-state index is -0.487. The normalized spacial score (nSPS) is 16.6. The first-order valence-corrected chi connectivity index (χ1v) is 8.72. The van der Waals surface area contributed by atoms with Crippen LogP contribution in [-0.2, 0) is 9.53 Å². The molecule has 0 aliphatic carbocycles. The molecule has 0 N–H and O–H groups in total. The largest absolute Gasteiger partial charge is 0.469 e. The van der Waals surface area contributed by atoms with Gasteiger partial charge in [-0.25, -0.2) is 0 Å². The molecule has 1 aliphatic rings. The van der Waals surface area contributed by atoms with E-state index < -0.39 is 4.92 Å². The van der Waals surface area contributed by atoms with Gasteiger partial charge in [0.25, 0.3) is 5.69 Å². The number of ether oxygens (including phenoxy) is 1. The first kappa shape index (κ1) is 18.6. The van der Waals surface area contributed by atoms with Gasteiger partial charge in [-0.1, -0.05) is 30.3 Å². The molecule has 0 unspecified atom stereocenters. The lowest BCUT2D eigenvalue weighted by atomic mass is 9.96. The topological polar surface area (TPSA) is 89.8 Å². The maximum absolute atomic E-state index is 12.6. The van der Waals surface area contributed by atoms with E-state index in [4.69, 9.17) is 4.74 Å². The van der Waals surface area contributed by atoms with Crippen molar-refractivity contribution in [2.45, 2.75) is 12.8 Å². The Morgan fingerprint density at radius 2 is 1.89 bits per heavy atom. The van der Waals surface area contributed by atoms with Crippen LogP contribution >= 0.6 is 0 Å². The van der Waals surface area contributed by atoms with Crippen molar-refractivity contribution in [1.82, 2.24) is 0 Å². The maximum atomic E-state index is 12.6. The number of nitro groups is 1. The second-order valence-corrected chi connectivity index (χ2v) is 6.46. The van der Waals surface area contributed by atoms with Gasteiger partial charge in [-0.05, 0) is 25.0 Å². The van der Waals surface area contributed by atoms with Crippen LogP contribution in [0, 0.1) is 16.0 Å². The summed E-state index contributed by atoms with van der Waals surface area (Å²) < 4.78 is 4.81. The van der Waals surface area contributed by atoms with E-state index in [2.05, 4.69) is 0 Å². The minimum Gasteiger partial charge on any atom is -0.469 e. The van der Waals surface area contributed by atoms with Crippen LogP contribution in [0.3, 0.4) is 0 Å². The van der Waals surface area contributed by atoms with E-state index in [1.54, 1.807) is 42.5 Å². The van der Waals surface area contributed by atoms with Crippen molar-refractivity contribution in [1.29, 1.82) is 0 Å². The fourth-order valence-corrected chi connectivity index (χ4v) is 3.39. The van der Waals surface area contributed by atoms with E-state index in [-0.39, 0.29) is 28.9 Å². The number of hydrogen-bond donors (Lipinski definition) is 0. The lowest BCUT2D eigenvalue weighted by Gasteiger charge is -2.32. The quantitative estimate of drug-likeness (QED) is 0.348. The molecule has 2 aromatic rings. The van der Waals surface area contributed by atoms with E-state index >= 15 is 0 Å². The number of rotatable bonds is 5. The number of carbonyl (C=O) groups excluding carboxylic acids is 2. The molecule has 1 fully saturated rings. The molecule has 0 amide bonds. The molecular formula is C20H20N2O5. The van der Waals surface area contributed by atoms with Gasteiger partial charge in [-0.3, -0.25) is 19.7 Å². The van der Waals surface area contributed by atoms with Crippen molar-refractivity contribution >= 4 is 23.1 Å². The van der Waals surface area contributed by atoms with Crippen LogP contribution in [0.5, 0.6) is 0 Å². The average Bonchev–Trinajstić information content (AvgIpc) is 2.72. The third-order valence-corrected chi connectivity index (χ3v) is 4.77. The molecule has 1 aliphatic heterocycles. The zero-order valence-corrected chi connectivity index (χ0v) is 15.0. The number of nitrogens with zero attached hydrogens (tertiary/aromatic N) is 2. The van der Waals surface area contributed by atoms with Crippen molar-refractivity contribution in [3.8, 4) is 0 Å². The van der Waals surface area contributed by atoms with E-state index in [9.17, 15) is 19.7 Å². The highest BCUT2D eigenvalue weighted by atomic mass is 16.6. The molecule has 7 heteroatoms. The number of esters is 1. The van der Waals surface area contributed by atoms with Gasteiger partial charge in [0.1, 0.15) is 5.69 Å². The Kier molecular flexibility index (Phi) is 5.49. The molecule has 140 valence electrons. The number of ketones is 1. The standard InChI is InChI=1S/C20H20N2O5/c1-27-20(24)16-8-5-11-21(13-16)17-10-9-15(12-18(17)22(25)26)19(23)14-6-3-2-4-7-14/h2-4,6-7,9-10,12,16H,5,8,11,13H2,1H3/t16-/m0/s1. The van der Waals surface area contributed by atoms with Crippen LogP contribution in [-0.4, -0.2) is 36.9 Å². The minimum absolute atomic E-state index is 0.137. The maximum Gasteiger partial charge on any atom is 0.310 e. The smallest absolute Gasteiger partial charge is 0.310 e. The van der Waals surface area contributed by atoms with Crippen LogP contribution in [0.1, 0.15) is 28.8 Å². The van der Waals surface area contributed by atoms with E-state index in [1.807, 2.05) is 4.90 Å². The predicted molar refractivity (Wildman–Crippen MR) is 99.9 cm³/mol. The van der Waals surface area contributed by atoms with Gasteiger partial charge in [0.05, 0.1) is 18.0 Å². The lowest BCUT2D eigenvalue weighted by Crippen LogP contribution is -2.39. The monoisotopic (exact) mass is 368 g/mol. The number of methoxy groups -OCH3 is 1. The highest BCUT2D eigenvalue weighted by molar-refractivity contribution is 6.09. The van der Waals surface area contributed by atoms with Crippen LogP contribution in [0.4, 0.5) is 11.4 Å². The summed E-state index contributed by atoms with van der Waals surface area (Å²) in [6.07, 6.45) is 1.43. The van der Waals surface area contributed by atoms with Crippen molar-refractivity contribution in [2.24, 2.45) is 5.92 Å². The van der Waals surface area contributed by atoms with Crippen LogP contribution in [0.15, 0.2) is 48.5 Å². The third-order valence-electron chi connectivity index (χ3n) is 4.77. The van der Waals surface area contributed by atoms with Gasteiger partial charge in [-0.15, -0.1) is 0 Å². The molecule has 3 rings (SSSR count). The molecule has 7 nitrogen and oxygen atoms in total. The molecule has 0 saturated carbocycles. The van der Waals surface area contributed by atoms with Crippen LogP contribution in [0.25, 0.3) is 0 Å². The molecule has 0 aromatic heterocycles. The Hall–Kier alpha value is -3.22. The van der Waals surface area contributed by atoms with Gasteiger partial charge in [0.2, 0.25) is 0 Å². The summed E-state index contributed by atoms with van der Waals surface area (Å²) >= 11 is 0. The summed E-state index contributed by atoms with van der Waals surface area (Å²) in [5.74, 6) is -0.886. The van der Waals surface area contributed by atoms with Gasteiger partial charge < -0.3 is 9.64 Å².